The third-order valence-corrected chi connectivity index (χ3v) is 2.01. The smallest absolute Gasteiger partial charge is 0.286 e. The van der Waals surface area contributed by atoms with Gasteiger partial charge in [0.05, 0.1) is 0 Å². The van der Waals surface area contributed by atoms with Gasteiger partial charge in [-0.25, -0.2) is 0 Å². The van der Waals surface area contributed by atoms with Gasteiger partial charge < -0.3 is 4.81 Å². The fraction of sp³-hybridized carbons (Fsp3) is 1.00. The summed E-state index contributed by atoms with van der Waals surface area (Å²) >= 11 is 4.02. The second-order valence-electron chi connectivity index (χ2n) is 1.88. The lowest BCUT2D eigenvalue weighted by molar-refractivity contribution is 0.821. The van der Waals surface area contributed by atoms with E-state index in [2.05, 4.69) is 23.4 Å². The summed E-state index contributed by atoms with van der Waals surface area (Å²) in [6.07, 6.45) is 0. The van der Waals surface area contributed by atoms with Gasteiger partial charge in [0.1, 0.15) is 0 Å². The fourth-order valence-corrected chi connectivity index (χ4v) is 1.50. The zero-order valence-corrected chi connectivity index (χ0v) is 6.01. The highest BCUT2D eigenvalue weighted by Crippen LogP contribution is 2.18. The normalized spacial score (nSPS) is 38.0. The standard InChI is InChI=1S/C3H8BNS2/c1-3-2-5(3)4-7-6/h3-4,6H,2H2,1H3/t3-,5?/m0/s1. The lowest BCUT2D eigenvalue weighted by Crippen LogP contribution is -1.99. The quantitative estimate of drug-likeness (QED) is 0.253. The Hall–Kier alpha value is 0.725. The summed E-state index contributed by atoms with van der Waals surface area (Å²) in [6.45, 7) is 4.59. The summed E-state index contributed by atoms with van der Waals surface area (Å²) in [4.78, 5) is 2.36. The number of thiol groups is 1. The maximum absolute atomic E-state index is 4.02. The molecule has 0 amide bonds. The first kappa shape index (κ1) is 5.85. The van der Waals surface area contributed by atoms with E-state index in [-0.39, 0.29) is 0 Å². The Morgan fingerprint density at radius 3 is 2.71 bits per heavy atom. The van der Waals surface area contributed by atoms with E-state index < -0.39 is 0 Å². The van der Waals surface area contributed by atoms with Gasteiger partial charge in [0, 0.05) is 12.6 Å². The van der Waals surface area contributed by atoms with E-state index in [1.807, 2.05) is 0 Å². The molecule has 0 aromatic rings. The first-order chi connectivity index (χ1) is 3.34. The van der Waals surface area contributed by atoms with Crippen molar-refractivity contribution < 1.29 is 0 Å². The summed E-state index contributed by atoms with van der Waals surface area (Å²) in [5.41, 5.74) is 0. The molecular formula is C3H8BNS2. The van der Waals surface area contributed by atoms with Gasteiger partial charge in [-0.2, -0.15) is 0 Å². The highest BCUT2D eigenvalue weighted by molar-refractivity contribution is 8.78. The van der Waals surface area contributed by atoms with E-state index in [4.69, 9.17) is 0 Å². The van der Waals surface area contributed by atoms with Gasteiger partial charge in [0.2, 0.25) is 0 Å². The molecular weight excluding hydrogens is 125 g/mol. The van der Waals surface area contributed by atoms with Crippen LogP contribution in [0.25, 0.3) is 0 Å². The zero-order valence-electron chi connectivity index (χ0n) is 4.29. The van der Waals surface area contributed by atoms with Crippen LogP contribution in [0.15, 0.2) is 0 Å². The SMILES string of the molecule is C[C@H]1CN1BSS. The van der Waals surface area contributed by atoms with Crippen molar-refractivity contribution in [1.29, 1.82) is 0 Å². The highest BCUT2D eigenvalue weighted by Gasteiger charge is 2.28. The van der Waals surface area contributed by atoms with Crippen LogP contribution in [0.5, 0.6) is 0 Å². The molecule has 0 saturated carbocycles. The molecule has 1 heterocycles. The Morgan fingerprint density at radius 2 is 2.57 bits per heavy atom. The van der Waals surface area contributed by atoms with Crippen molar-refractivity contribution in [1.82, 2.24) is 4.81 Å². The van der Waals surface area contributed by atoms with Crippen molar-refractivity contribution in [3.63, 3.8) is 0 Å². The molecule has 40 valence electrons. The van der Waals surface area contributed by atoms with Crippen LogP contribution in [0.3, 0.4) is 0 Å². The molecule has 4 heteroatoms. The Balaban J connectivity index is 1.98. The minimum Gasteiger partial charge on any atom is -0.330 e. The predicted octanol–water partition coefficient (Wildman–Crippen LogP) is 0.535. The molecule has 0 aromatic carbocycles. The van der Waals surface area contributed by atoms with Crippen molar-refractivity contribution in [3.8, 4) is 0 Å². The van der Waals surface area contributed by atoms with Gasteiger partial charge in [-0.3, -0.25) is 0 Å². The number of rotatable bonds is 2. The fourth-order valence-electron chi connectivity index (χ4n) is 0.546. The molecule has 0 radical (unpaired) electrons. The second-order valence-corrected chi connectivity index (χ2v) is 3.17. The molecule has 1 nitrogen and oxygen atoms in total. The third kappa shape index (κ3) is 1.59. The molecule has 0 spiro atoms. The van der Waals surface area contributed by atoms with Gasteiger partial charge in [-0.05, 0) is 6.92 Å². The van der Waals surface area contributed by atoms with E-state index in [1.165, 1.54) is 6.54 Å². The first-order valence-corrected chi connectivity index (χ1v) is 4.39. The summed E-state index contributed by atoms with van der Waals surface area (Å²) in [5.74, 6) is 0. The van der Waals surface area contributed by atoms with Crippen molar-refractivity contribution in [2.45, 2.75) is 13.0 Å². The Morgan fingerprint density at radius 1 is 2.00 bits per heavy atom. The van der Waals surface area contributed by atoms with Gasteiger partial charge >= 0.3 is 0 Å². The van der Waals surface area contributed by atoms with Crippen molar-refractivity contribution in [2.24, 2.45) is 0 Å². The molecule has 0 bridgehead atoms. The van der Waals surface area contributed by atoms with Crippen LogP contribution in [0.2, 0.25) is 0 Å². The first-order valence-electron chi connectivity index (χ1n) is 2.35. The topological polar surface area (TPSA) is 3.01 Å². The van der Waals surface area contributed by atoms with Crippen molar-refractivity contribution in [2.75, 3.05) is 6.54 Å². The summed E-state index contributed by atoms with van der Waals surface area (Å²) in [6, 6.07) is 0.833. The zero-order chi connectivity index (χ0) is 5.28. The van der Waals surface area contributed by atoms with Crippen molar-refractivity contribution in [3.05, 3.63) is 0 Å². The van der Waals surface area contributed by atoms with E-state index in [0.717, 1.165) is 12.7 Å². The predicted molar refractivity (Wildman–Crippen MR) is 39.9 cm³/mol. The van der Waals surface area contributed by atoms with Crippen LogP contribution in [-0.4, -0.2) is 24.1 Å². The molecule has 7 heavy (non-hydrogen) atoms. The number of nitrogens with zero attached hydrogens (tertiary/aromatic N) is 1. The van der Waals surface area contributed by atoms with Crippen LogP contribution in [0, 0.1) is 0 Å². The van der Waals surface area contributed by atoms with Gasteiger partial charge in [0.25, 0.3) is 6.69 Å². The molecule has 1 fully saturated rings. The van der Waals surface area contributed by atoms with Gasteiger partial charge in [0.15, 0.2) is 0 Å². The molecule has 1 aliphatic rings. The summed E-state index contributed by atoms with van der Waals surface area (Å²) in [5, 5.41) is 0. The van der Waals surface area contributed by atoms with Crippen LogP contribution in [0.1, 0.15) is 6.92 Å². The molecule has 1 saturated heterocycles. The molecule has 1 aliphatic heterocycles. The maximum Gasteiger partial charge on any atom is 0.286 e. The molecule has 1 unspecified atom stereocenters. The lowest BCUT2D eigenvalue weighted by atomic mass is 10.4. The van der Waals surface area contributed by atoms with Crippen LogP contribution in [-0.2, 0) is 0 Å². The number of hydrogen-bond acceptors (Lipinski definition) is 3. The Kier molecular flexibility index (Phi) is 1.95. The average molecular weight is 133 g/mol. The minimum absolute atomic E-state index is 0.833. The maximum atomic E-state index is 4.02. The Labute approximate surface area is 53.8 Å². The summed E-state index contributed by atoms with van der Waals surface area (Å²) in [7, 11) is 1.60. The molecule has 1 rings (SSSR count). The Bertz CT molecular complexity index is 70.0. The third-order valence-electron chi connectivity index (χ3n) is 1.21. The number of hydrogen-bond donors (Lipinski definition) is 1. The van der Waals surface area contributed by atoms with Crippen molar-refractivity contribution >= 4 is 29.0 Å². The molecule has 0 aromatic heterocycles. The van der Waals surface area contributed by atoms with Crippen LogP contribution < -0.4 is 0 Å². The minimum atomic E-state index is 0.833. The van der Waals surface area contributed by atoms with Gasteiger partial charge in [-0.1, -0.05) is 0 Å². The molecule has 0 N–H and O–H groups in total. The largest absolute Gasteiger partial charge is 0.330 e. The molecule has 0 aliphatic carbocycles. The van der Waals surface area contributed by atoms with E-state index in [0.29, 0.717) is 0 Å². The monoisotopic (exact) mass is 133 g/mol. The average Bonchev–Trinajstić information content (AvgIpc) is 2.22. The van der Waals surface area contributed by atoms with E-state index in [9.17, 15) is 0 Å². The van der Waals surface area contributed by atoms with E-state index in [1.54, 1.807) is 10.6 Å². The van der Waals surface area contributed by atoms with E-state index >= 15 is 0 Å². The highest BCUT2D eigenvalue weighted by atomic mass is 33.1. The van der Waals surface area contributed by atoms with Crippen LogP contribution >= 0.6 is 22.3 Å². The molecule has 2 atom stereocenters. The van der Waals surface area contributed by atoms with Gasteiger partial charge in [-0.15, -0.1) is 22.3 Å². The second kappa shape index (κ2) is 2.33. The summed E-state index contributed by atoms with van der Waals surface area (Å²) < 4.78 is 0. The van der Waals surface area contributed by atoms with Crippen LogP contribution in [0.4, 0.5) is 0 Å². The lowest BCUT2D eigenvalue weighted by Gasteiger charge is -1.88.